The van der Waals surface area contributed by atoms with Crippen molar-refractivity contribution >= 4 is 28.3 Å². The monoisotopic (exact) mass is 337 g/mol. The van der Waals surface area contributed by atoms with Crippen LogP contribution in [0.1, 0.15) is 42.6 Å². The Kier molecular flexibility index (Phi) is 6.58. The van der Waals surface area contributed by atoms with E-state index in [-0.39, 0.29) is 24.2 Å². The highest BCUT2D eigenvalue weighted by atomic mass is 32.1. The van der Waals surface area contributed by atoms with Gasteiger partial charge in [0.05, 0.1) is 0 Å². The van der Waals surface area contributed by atoms with E-state index in [1.807, 2.05) is 0 Å². The maximum absolute atomic E-state index is 12.1. The van der Waals surface area contributed by atoms with Crippen LogP contribution in [0.25, 0.3) is 0 Å². The molecule has 1 heterocycles. The van der Waals surface area contributed by atoms with Gasteiger partial charge in [0.25, 0.3) is 5.91 Å². The second kappa shape index (κ2) is 8.67. The molecular formula is C16H23N3O3S. The third-order valence-corrected chi connectivity index (χ3v) is 4.75. The highest BCUT2D eigenvalue weighted by Crippen LogP contribution is 2.21. The van der Waals surface area contributed by atoms with Gasteiger partial charge in [0.1, 0.15) is 0 Å². The molecule has 1 aromatic rings. The Morgan fingerprint density at radius 2 is 2.22 bits per heavy atom. The number of ether oxygens (including phenoxy) is 1. The van der Waals surface area contributed by atoms with Gasteiger partial charge >= 0.3 is 5.97 Å². The highest BCUT2D eigenvalue weighted by molar-refractivity contribution is 7.13. The molecule has 0 unspecified atom stereocenters. The minimum Gasteiger partial charge on any atom is -0.451 e. The largest absolute Gasteiger partial charge is 0.451 e. The minimum atomic E-state index is -0.571. The fraction of sp³-hybridized carbons (Fsp3) is 0.562. The van der Waals surface area contributed by atoms with Crippen LogP contribution in [0.4, 0.5) is 5.13 Å². The number of carbonyl (C=O) groups excluding carboxylic acids is 2. The number of likely N-dealkylation sites (N-methyl/N-ethyl adjacent to an activating group) is 1. The average molecular weight is 337 g/mol. The fourth-order valence-electron chi connectivity index (χ4n) is 2.58. The molecule has 0 spiro atoms. The van der Waals surface area contributed by atoms with Gasteiger partial charge in [-0.3, -0.25) is 4.79 Å². The van der Waals surface area contributed by atoms with E-state index >= 15 is 0 Å². The van der Waals surface area contributed by atoms with Crippen LogP contribution < -0.4 is 5.32 Å². The van der Waals surface area contributed by atoms with Crippen LogP contribution in [0.2, 0.25) is 0 Å². The number of carbonyl (C=O) groups is 2. The Bertz CT molecular complexity index is 553. The molecule has 23 heavy (non-hydrogen) atoms. The third-order valence-electron chi connectivity index (χ3n) is 3.95. The van der Waals surface area contributed by atoms with Crippen LogP contribution in [-0.2, 0) is 9.53 Å². The first-order chi connectivity index (χ1) is 11.1. The van der Waals surface area contributed by atoms with Crippen LogP contribution >= 0.6 is 11.3 Å². The number of aromatic nitrogens is 1. The number of esters is 1. The van der Waals surface area contributed by atoms with Gasteiger partial charge in [-0.15, -0.1) is 17.9 Å². The molecule has 0 aromatic carbocycles. The lowest BCUT2D eigenvalue weighted by Gasteiger charge is -2.31. The summed E-state index contributed by atoms with van der Waals surface area (Å²) in [7, 11) is 1.78. The summed E-state index contributed by atoms with van der Waals surface area (Å²) in [5.74, 6) is -0.733. The number of anilines is 1. The standard InChI is InChI=1S/C16H23N3O3S/c1-3-9-17-16-18-13(11-23-16)15(21)22-10-14(20)19(2)12-7-5-4-6-8-12/h3,11-12H,1,4-10H2,2H3,(H,17,18). The zero-order chi connectivity index (χ0) is 16.7. The predicted molar refractivity (Wildman–Crippen MR) is 90.7 cm³/mol. The van der Waals surface area contributed by atoms with Crippen molar-refractivity contribution < 1.29 is 14.3 Å². The molecule has 0 bridgehead atoms. The Hall–Kier alpha value is -1.89. The molecule has 126 valence electrons. The molecule has 1 aromatic heterocycles. The normalized spacial score (nSPS) is 15.0. The lowest BCUT2D eigenvalue weighted by molar-refractivity contribution is -0.135. The van der Waals surface area contributed by atoms with Crippen molar-refractivity contribution in [3.63, 3.8) is 0 Å². The van der Waals surface area contributed by atoms with Gasteiger partial charge in [0.15, 0.2) is 17.4 Å². The van der Waals surface area contributed by atoms with Crippen molar-refractivity contribution in [2.75, 3.05) is 25.5 Å². The summed E-state index contributed by atoms with van der Waals surface area (Å²) in [6.45, 7) is 3.94. The van der Waals surface area contributed by atoms with Crippen molar-refractivity contribution in [3.05, 3.63) is 23.7 Å². The van der Waals surface area contributed by atoms with Gasteiger partial charge in [0, 0.05) is 25.0 Å². The Balaban J connectivity index is 1.79. The first-order valence-corrected chi connectivity index (χ1v) is 8.73. The van der Waals surface area contributed by atoms with E-state index in [1.165, 1.54) is 17.8 Å². The van der Waals surface area contributed by atoms with E-state index < -0.39 is 5.97 Å². The van der Waals surface area contributed by atoms with Crippen LogP contribution in [0, 0.1) is 0 Å². The van der Waals surface area contributed by atoms with Crippen LogP contribution in [0.3, 0.4) is 0 Å². The van der Waals surface area contributed by atoms with E-state index in [0.29, 0.717) is 11.7 Å². The van der Waals surface area contributed by atoms with Gasteiger partial charge in [0.2, 0.25) is 0 Å². The van der Waals surface area contributed by atoms with Crippen LogP contribution in [0.5, 0.6) is 0 Å². The topological polar surface area (TPSA) is 71.5 Å². The number of nitrogens with one attached hydrogen (secondary N) is 1. The number of nitrogens with zero attached hydrogens (tertiary/aromatic N) is 2. The minimum absolute atomic E-state index is 0.162. The molecule has 0 saturated heterocycles. The fourth-order valence-corrected chi connectivity index (χ4v) is 3.27. The summed E-state index contributed by atoms with van der Waals surface area (Å²) < 4.78 is 5.09. The summed E-state index contributed by atoms with van der Waals surface area (Å²) in [6.07, 6.45) is 7.31. The molecule has 0 radical (unpaired) electrons. The van der Waals surface area contributed by atoms with E-state index in [2.05, 4.69) is 16.9 Å². The summed E-state index contributed by atoms with van der Waals surface area (Å²) in [6, 6.07) is 0.268. The quantitative estimate of drug-likeness (QED) is 0.612. The van der Waals surface area contributed by atoms with Crippen molar-refractivity contribution in [3.8, 4) is 0 Å². The molecule has 1 fully saturated rings. The highest BCUT2D eigenvalue weighted by Gasteiger charge is 2.23. The molecule has 1 amide bonds. The number of hydrogen-bond donors (Lipinski definition) is 1. The molecule has 0 aliphatic heterocycles. The number of hydrogen-bond acceptors (Lipinski definition) is 6. The van der Waals surface area contributed by atoms with E-state index in [1.54, 1.807) is 23.4 Å². The van der Waals surface area contributed by atoms with E-state index in [9.17, 15) is 9.59 Å². The lowest BCUT2D eigenvalue weighted by atomic mass is 9.94. The second-order valence-electron chi connectivity index (χ2n) is 5.58. The van der Waals surface area contributed by atoms with Crippen molar-refractivity contribution in [1.29, 1.82) is 0 Å². The third kappa shape index (κ3) is 5.06. The lowest BCUT2D eigenvalue weighted by Crippen LogP contribution is -2.40. The smallest absolute Gasteiger partial charge is 0.358 e. The summed E-state index contributed by atoms with van der Waals surface area (Å²) in [4.78, 5) is 29.9. The molecule has 1 N–H and O–H groups in total. The SMILES string of the molecule is C=CCNc1nc(C(=O)OCC(=O)N(C)C2CCCCC2)cs1. The van der Waals surface area contributed by atoms with Crippen molar-refractivity contribution in [2.45, 2.75) is 38.1 Å². The van der Waals surface area contributed by atoms with Crippen LogP contribution in [-0.4, -0.2) is 48.0 Å². The van der Waals surface area contributed by atoms with Gasteiger partial charge in [-0.1, -0.05) is 25.3 Å². The molecule has 0 atom stereocenters. The predicted octanol–water partition coefficient (Wildman–Crippen LogP) is 2.69. The summed E-state index contributed by atoms with van der Waals surface area (Å²) >= 11 is 1.31. The molecule has 6 nitrogen and oxygen atoms in total. The van der Waals surface area contributed by atoms with Gasteiger partial charge in [-0.05, 0) is 12.8 Å². The first-order valence-electron chi connectivity index (χ1n) is 7.85. The second-order valence-corrected chi connectivity index (χ2v) is 6.44. The Morgan fingerprint density at radius 1 is 1.48 bits per heavy atom. The summed E-state index contributed by atoms with van der Waals surface area (Å²) in [5.41, 5.74) is 0.217. The maximum Gasteiger partial charge on any atom is 0.358 e. The van der Waals surface area contributed by atoms with Gasteiger partial charge < -0.3 is 15.0 Å². The molecule has 1 saturated carbocycles. The number of amides is 1. The molecule has 1 aliphatic carbocycles. The van der Waals surface area contributed by atoms with Crippen LogP contribution in [0.15, 0.2) is 18.0 Å². The summed E-state index contributed by atoms with van der Waals surface area (Å²) in [5, 5.41) is 5.24. The molecule has 7 heteroatoms. The molecular weight excluding hydrogens is 314 g/mol. The Labute approximate surface area is 140 Å². The first kappa shape index (κ1) is 17.5. The maximum atomic E-state index is 12.1. The Morgan fingerprint density at radius 3 is 2.91 bits per heavy atom. The number of thiazole rings is 1. The average Bonchev–Trinajstić information content (AvgIpc) is 3.06. The van der Waals surface area contributed by atoms with Crippen molar-refractivity contribution in [1.82, 2.24) is 9.88 Å². The molecule has 2 rings (SSSR count). The van der Waals surface area contributed by atoms with Crippen molar-refractivity contribution in [2.24, 2.45) is 0 Å². The zero-order valence-electron chi connectivity index (χ0n) is 13.4. The zero-order valence-corrected chi connectivity index (χ0v) is 14.2. The van der Waals surface area contributed by atoms with E-state index in [0.717, 1.165) is 25.7 Å². The number of rotatable bonds is 7. The van der Waals surface area contributed by atoms with Gasteiger partial charge in [-0.2, -0.15) is 0 Å². The molecule has 1 aliphatic rings. The van der Waals surface area contributed by atoms with Gasteiger partial charge in [-0.25, -0.2) is 9.78 Å². The van der Waals surface area contributed by atoms with E-state index in [4.69, 9.17) is 4.74 Å².